The second-order valence-corrected chi connectivity index (χ2v) is 5.25. The minimum atomic E-state index is 0.383. The Kier molecular flexibility index (Phi) is 2.81. The largest absolute Gasteiger partial charge is 0.376 e. The van der Waals surface area contributed by atoms with Gasteiger partial charge in [-0.3, -0.25) is 0 Å². The molecule has 1 saturated carbocycles. The standard InChI is InChI=1S/C11H14BrN3O/c12-9-5-10(14-6-13-9)15-8-3-4-16-11(8)7-1-2-7/h5-8,11H,1-4H2,(H,13,14,15). The van der Waals surface area contributed by atoms with E-state index in [2.05, 4.69) is 31.2 Å². The number of nitrogens with zero attached hydrogens (tertiary/aromatic N) is 2. The van der Waals surface area contributed by atoms with Crippen LogP contribution < -0.4 is 5.32 Å². The van der Waals surface area contributed by atoms with Gasteiger partial charge in [0.15, 0.2) is 0 Å². The molecule has 2 heterocycles. The maximum absolute atomic E-state index is 5.77. The summed E-state index contributed by atoms with van der Waals surface area (Å²) in [5.74, 6) is 1.65. The molecule has 2 aliphatic rings. The first-order valence-corrected chi connectivity index (χ1v) is 6.48. The van der Waals surface area contributed by atoms with Crippen LogP contribution in [0.5, 0.6) is 0 Å². The Balaban J connectivity index is 1.69. The van der Waals surface area contributed by atoms with Crippen LogP contribution in [-0.4, -0.2) is 28.7 Å². The summed E-state index contributed by atoms with van der Waals surface area (Å²) in [4.78, 5) is 8.22. The molecule has 0 bridgehead atoms. The number of nitrogens with one attached hydrogen (secondary N) is 1. The zero-order valence-electron chi connectivity index (χ0n) is 8.90. The van der Waals surface area contributed by atoms with Crippen molar-refractivity contribution in [3.8, 4) is 0 Å². The molecule has 1 N–H and O–H groups in total. The van der Waals surface area contributed by atoms with Crippen LogP contribution in [0, 0.1) is 5.92 Å². The highest BCUT2D eigenvalue weighted by molar-refractivity contribution is 9.10. The van der Waals surface area contributed by atoms with Crippen LogP contribution in [0.1, 0.15) is 19.3 Å². The van der Waals surface area contributed by atoms with Gasteiger partial charge in [0.1, 0.15) is 16.7 Å². The van der Waals surface area contributed by atoms with Crippen LogP contribution >= 0.6 is 15.9 Å². The van der Waals surface area contributed by atoms with Crippen molar-refractivity contribution in [2.24, 2.45) is 5.92 Å². The fourth-order valence-corrected chi connectivity index (χ4v) is 2.57. The lowest BCUT2D eigenvalue weighted by Gasteiger charge is -2.19. The fraction of sp³-hybridized carbons (Fsp3) is 0.636. The number of ether oxygens (including phenoxy) is 1. The Morgan fingerprint density at radius 3 is 2.94 bits per heavy atom. The molecule has 16 heavy (non-hydrogen) atoms. The second-order valence-electron chi connectivity index (χ2n) is 4.44. The van der Waals surface area contributed by atoms with Crippen LogP contribution in [0.25, 0.3) is 0 Å². The van der Waals surface area contributed by atoms with Crippen molar-refractivity contribution in [3.63, 3.8) is 0 Å². The summed E-state index contributed by atoms with van der Waals surface area (Å²) in [5, 5.41) is 3.45. The number of hydrogen-bond acceptors (Lipinski definition) is 4. The van der Waals surface area contributed by atoms with E-state index >= 15 is 0 Å². The Morgan fingerprint density at radius 1 is 1.31 bits per heavy atom. The Morgan fingerprint density at radius 2 is 2.19 bits per heavy atom. The molecule has 4 nitrogen and oxygen atoms in total. The molecule has 86 valence electrons. The molecule has 2 fully saturated rings. The predicted octanol–water partition coefficient (Wildman–Crippen LogP) is 2.22. The smallest absolute Gasteiger partial charge is 0.130 e. The Bertz CT molecular complexity index is 383. The van der Waals surface area contributed by atoms with Gasteiger partial charge in [0.05, 0.1) is 12.1 Å². The molecule has 0 amide bonds. The molecule has 0 aromatic carbocycles. The highest BCUT2D eigenvalue weighted by atomic mass is 79.9. The minimum Gasteiger partial charge on any atom is -0.376 e. The molecule has 1 aromatic heterocycles. The zero-order chi connectivity index (χ0) is 11.0. The number of rotatable bonds is 3. The van der Waals surface area contributed by atoms with E-state index in [1.807, 2.05) is 6.07 Å². The van der Waals surface area contributed by atoms with Gasteiger partial charge in [-0.1, -0.05) is 0 Å². The molecular weight excluding hydrogens is 270 g/mol. The summed E-state index contributed by atoms with van der Waals surface area (Å²) in [6.07, 6.45) is 5.65. The lowest BCUT2D eigenvalue weighted by molar-refractivity contribution is 0.0898. The summed E-state index contributed by atoms with van der Waals surface area (Å²) >= 11 is 3.35. The Hall–Kier alpha value is -0.680. The first-order chi connectivity index (χ1) is 7.83. The quantitative estimate of drug-likeness (QED) is 0.865. The SMILES string of the molecule is Brc1cc(NC2CCOC2C2CC2)ncn1. The first-order valence-electron chi connectivity index (χ1n) is 5.68. The summed E-state index contributed by atoms with van der Waals surface area (Å²) in [6, 6.07) is 2.32. The summed E-state index contributed by atoms with van der Waals surface area (Å²) in [5.41, 5.74) is 0. The van der Waals surface area contributed by atoms with Crippen LogP contribution in [0.2, 0.25) is 0 Å². The van der Waals surface area contributed by atoms with E-state index in [-0.39, 0.29) is 0 Å². The Labute approximate surface area is 103 Å². The van der Waals surface area contributed by atoms with Crippen molar-refractivity contribution >= 4 is 21.7 Å². The molecule has 1 saturated heterocycles. The van der Waals surface area contributed by atoms with Gasteiger partial charge < -0.3 is 10.1 Å². The van der Waals surface area contributed by atoms with Gasteiger partial charge in [-0.2, -0.15) is 0 Å². The highest BCUT2D eigenvalue weighted by Crippen LogP contribution is 2.39. The van der Waals surface area contributed by atoms with E-state index in [4.69, 9.17) is 4.74 Å². The summed E-state index contributed by atoms with van der Waals surface area (Å²) in [6.45, 7) is 0.866. The van der Waals surface area contributed by atoms with Crippen LogP contribution in [0.3, 0.4) is 0 Å². The highest BCUT2D eigenvalue weighted by Gasteiger charge is 2.40. The van der Waals surface area contributed by atoms with Gasteiger partial charge in [-0.15, -0.1) is 0 Å². The van der Waals surface area contributed by atoms with Gasteiger partial charge in [0.25, 0.3) is 0 Å². The first kappa shape index (κ1) is 10.5. The third-order valence-corrected chi connectivity index (χ3v) is 3.62. The third kappa shape index (κ3) is 2.20. The molecule has 3 rings (SSSR count). The van der Waals surface area contributed by atoms with Crippen molar-refractivity contribution < 1.29 is 4.74 Å². The van der Waals surface area contributed by atoms with Gasteiger partial charge in [-0.05, 0) is 41.1 Å². The lowest BCUT2D eigenvalue weighted by Crippen LogP contribution is -2.31. The number of anilines is 1. The lowest BCUT2D eigenvalue weighted by atomic mass is 10.1. The molecule has 1 aromatic rings. The average molecular weight is 284 g/mol. The topological polar surface area (TPSA) is 47.0 Å². The predicted molar refractivity (Wildman–Crippen MR) is 64.2 cm³/mol. The number of aromatic nitrogens is 2. The monoisotopic (exact) mass is 283 g/mol. The fourth-order valence-electron chi connectivity index (χ4n) is 2.26. The average Bonchev–Trinajstić information content (AvgIpc) is 3.00. The normalized spacial score (nSPS) is 29.3. The van der Waals surface area contributed by atoms with E-state index in [1.165, 1.54) is 12.8 Å². The van der Waals surface area contributed by atoms with Crippen molar-refractivity contribution in [1.82, 2.24) is 9.97 Å². The van der Waals surface area contributed by atoms with Crippen LogP contribution in [0.4, 0.5) is 5.82 Å². The van der Waals surface area contributed by atoms with E-state index in [0.717, 1.165) is 29.4 Å². The van der Waals surface area contributed by atoms with E-state index in [9.17, 15) is 0 Å². The van der Waals surface area contributed by atoms with Crippen LogP contribution in [-0.2, 0) is 4.74 Å². The van der Waals surface area contributed by atoms with E-state index in [1.54, 1.807) is 6.33 Å². The van der Waals surface area contributed by atoms with Crippen molar-refractivity contribution in [3.05, 3.63) is 17.0 Å². The summed E-state index contributed by atoms with van der Waals surface area (Å²) in [7, 11) is 0. The van der Waals surface area contributed by atoms with Gasteiger partial charge in [0.2, 0.25) is 0 Å². The number of hydrogen-bond donors (Lipinski definition) is 1. The number of halogens is 1. The van der Waals surface area contributed by atoms with E-state index < -0.39 is 0 Å². The van der Waals surface area contributed by atoms with Crippen molar-refractivity contribution in [2.75, 3.05) is 11.9 Å². The molecule has 1 aliphatic carbocycles. The molecule has 0 spiro atoms. The molecule has 1 aliphatic heterocycles. The van der Waals surface area contributed by atoms with Crippen LogP contribution in [0.15, 0.2) is 17.0 Å². The van der Waals surface area contributed by atoms with Gasteiger partial charge >= 0.3 is 0 Å². The third-order valence-electron chi connectivity index (χ3n) is 3.19. The molecule has 0 radical (unpaired) electrons. The van der Waals surface area contributed by atoms with E-state index in [0.29, 0.717) is 12.1 Å². The molecule has 2 unspecified atom stereocenters. The summed E-state index contributed by atoms with van der Waals surface area (Å²) < 4.78 is 6.59. The van der Waals surface area contributed by atoms with Crippen molar-refractivity contribution in [1.29, 1.82) is 0 Å². The van der Waals surface area contributed by atoms with Gasteiger partial charge in [0, 0.05) is 12.7 Å². The maximum atomic E-state index is 5.77. The molecule has 2 atom stereocenters. The second kappa shape index (κ2) is 4.30. The molecular formula is C11H14BrN3O. The van der Waals surface area contributed by atoms with Gasteiger partial charge in [-0.25, -0.2) is 9.97 Å². The minimum absolute atomic E-state index is 0.383. The maximum Gasteiger partial charge on any atom is 0.130 e. The van der Waals surface area contributed by atoms with Crippen molar-refractivity contribution in [2.45, 2.75) is 31.4 Å². The molecule has 5 heteroatoms. The zero-order valence-corrected chi connectivity index (χ0v) is 10.5.